The number of carbonyl (C=O) groups is 1. The van der Waals surface area contributed by atoms with Crippen molar-refractivity contribution in [3.05, 3.63) is 59.8 Å². The van der Waals surface area contributed by atoms with E-state index in [2.05, 4.69) is 10.3 Å². The number of benzene rings is 1. The lowest BCUT2D eigenvalue weighted by Crippen LogP contribution is -2.30. The quantitative estimate of drug-likeness (QED) is 0.840. The molecule has 0 spiro atoms. The van der Waals surface area contributed by atoms with Gasteiger partial charge in [0.1, 0.15) is 0 Å². The predicted molar refractivity (Wildman–Crippen MR) is 82.8 cm³/mol. The van der Waals surface area contributed by atoms with E-state index in [1.54, 1.807) is 6.92 Å². The number of carbonyl (C=O) groups excluding carboxylic acids is 1. The Morgan fingerprint density at radius 2 is 1.91 bits per heavy atom. The van der Waals surface area contributed by atoms with Crippen LogP contribution in [0.25, 0.3) is 0 Å². The van der Waals surface area contributed by atoms with Crippen molar-refractivity contribution in [1.29, 1.82) is 0 Å². The topological polar surface area (TPSA) is 42.0 Å². The van der Waals surface area contributed by atoms with E-state index < -0.39 is 17.0 Å². The molecule has 23 heavy (non-hydrogen) atoms. The number of aromatic nitrogens is 1. The zero-order valence-electron chi connectivity index (χ0n) is 12.3. The number of nitrogens with one attached hydrogen (secondary N) is 1. The van der Waals surface area contributed by atoms with E-state index in [-0.39, 0.29) is 5.91 Å². The van der Waals surface area contributed by atoms with Crippen LogP contribution in [0.3, 0.4) is 0 Å². The fraction of sp³-hybridized carbons (Fsp3) is 0.250. The van der Waals surface area contributed by atoms with Crippen molar-refractivity contribution >= 4 is 17.7 Å². The highest BCUT2D eigenvalue weighted by molar-refractivity contribution is 8.00. The Kier molecular flexibility index (Phi) is 5.65. The molecule has 0 radical (unpaired) electrons. The third-order valence-corrected chi connectivity index (χ3v) is 4.09. The Morgan fingerprint density at radius 3 is 2.48 bits per heavy atom. The lowest BCUT2D eigenvalue weighted by molar-refractivity contribution is -0.137. The molecular weight excluding hydrogens is 325 g/mol. The highest BCUT2D eigenvalue weighted by Crippen LogP contribution is 2.30. The number of rotatable bonds is 5. The number of alkyl halides is 3. The zero-order chi connectivity index (χ0) is 16.9. The van der Waals surface area contributed by atoms with E-state index in [9.17, 15) is 18.0 Å². The van der Waals surface area contributed by atoms with Crippen molar-refractivity contribution < 1.29 is 18.0 Å². The number of pyridine rings is 1. The van der Waals surface area contributed by atoms with Crippen LogP contribution in [-0.4, -0.2) is 16.1 Å². The fourth-order valence-electron chi connectivity index (χ4n) is 1.78. The Labute approximate surface area is 136 Å². The van der Waals surface area contributed by atoms with Gasteiger partial charge in [-0.1, -0.05) is 42.1 Å². The van der Waals surface area contributed by atoms with Gasteiger partial charge in [0.15, 0.2) is 0 Å². The third kappa shape index (κ3) is 5.28. The van der Waals surface area contributed by atoms with Gasteiger partial charge in [-0.05, 0) is 24.6 Å². The summed E-state index contributed by atoms with van der Waals surface area (Å²) in [4.78, 5) is 15.8. The maximum Gasteiger partial charge on any atom is 0.417 e. The number of hydrogen-bond donors (Lipinski definition) is 1. The molecule has 1 heterocycles. The molecule has 0 aliphatic carbocycles. The van der Waals surface area contributed by atoms with Gasteiger partial charge in [0.2, 0.25) is 5.91 Å². The Bertz CT molecular complexity index is 645. The van der Waals surface area contributed by atoms with Gasteiger partial charge in [-0.15, -0.1) is 0 Å². The van der Waals surface area contributed by atoms with Crippen LogP contribution in [0.4, 0.5) is 13.2 Å². The zero-order valence-corrected chi connectivity index (χ0v) is 13.1. The minimum Gasteiger partial charge on any atom is -0.351 e. The standard InChI is InChI=1S/C16H15F3N2OS/c1-11(15(22)21-9-12-5-3-2-4-6-12)23-14-8-7-13(10-20-14)16(17,18)19/h2-8,10-11H,9H2,1H3,(H,21,22). The van der Waals surface area contributed by atoms with Crippen molar-refractivity contribution in [2.75, 3.05) is 0 Å². The van der Waals surface area contributed by atoms with Gasteiger partial charge in [-0.25, -0.2) is 4.98 Å². The molecule has 0 fully saturated rings. The summed E-state index contributed by atoms with van der Waals surface area (Å²) < 4.78 is 37.4. The Balaban J connectivity index is 1.88. The van der Waals surface area contributed by atoms with E-state index in [0.29, 0.717) is 11.6 Å². The normalized spacial score (nSPS) is 12.7. The van der Waals surface area contributed by atoms with E-state index in [0.717, 1.165) is 29.6 Å². The molecule has 7 heteroatoms. The minimum atomic E-state index is -4.41. The van der Waals surface area contributed by atoms with E-state index in [4.69, 9.17) is 0 Å². The molecule has 122 valence electrons. The summed E-state index contributed by atoms with van der Waals surface area (Å²) in [6, 6.07) is 11.7. The molecule has 1 atom stereocenters. The second-order valence-corrected chi connectivity index (χ2v) is 6.21. The molecule has 1 N–H and O–H groups in total. The van der Waals surface area contributed by atoms with Gasteiger partial charge in [-0.3, -0.25) is 4.79 Å². The van der Waals surface area contributed by atoms with Gasteiger partial charge >= 0.3 is 6.18 Å². The molecule has 0 aliphatic heterocycles. The van der Waals surface area contributed by atoms with Crippen molar-refractivity contribution in [2.45, 2.75) is 29.9 Å². The van der Waals surface area contributed by atoms with Crippen molar-refractivity contribution in [1.82, 2.24) is 10.3 Å². The summed E-state index contributed by atoms with van der Waals surface area (Å²) in [7, 11) is 0. The highest BCUT2D eigenvalue weighted by Gasteiger charge is 2.30. The van der Waals surface area contributed by atoms with Crippen LogP contribution in [-0.2, 0) is 17.5 Å². The first-order valence-electron chi connectivity index (χ1n) is 6.88. The second-order valence-electron chi connectivity index (χ2n) is 4.85. The first-order valence-corrected chi connectivity index (χ1v) is 7.76. The van der Waals surface area contributed by atoms with E-state index in [1.165, 1.54) is 6.07 Å². The monoisotopic (exact) mass is 340 g/mol. The molecule has 2 aromatic rings. The Morgan fingerprint density at radius 1 is 1.22 bits per heavy atom. The average molecular weight is 340 g/mol. The molecule has 1 unspecified atom stereocenters. The molecule has 2 rings (SSSR count). The summed E-state index contributed by atoms with van der Waals surface area (Å²) >= 11 is 1.12. The molecular formula is C16H15F3N2OS. The molecule has 0 aliphatic rings. The van der Waals surface area contributed by atoms with Crippen LogP contribution in [0.5, 0.6) is 0 Å². The molecule has 0 bridgehead atoms. The van der Waals surface area contributed by atoms with Crippen molar-refractivity contribution in [3.63, 3.8) is 0 Å². The lowest BCUT2D eigenvalue weighted by Gasteiger charge is -2.12. The first-order chi connectivity index (χ1) is 10.9. The maximum absolute atomic E-state index is 12.5. The summed E-state index contributed by atoms with van der Waals surface area (Å²) in [5.74, 6) is -0.194. The van der Waals surface area contributed by atoms with Gasteiger partial charge < -0.3 is 5.32 Å². The number of nitrogens with zero attached hydrogens (tertiary/aromatic N) is 1. The average Bonchev–Trinajstić information content (AvgIpc) is 2.53. The fourth-order valence-corrected chi connectivity index (χ4v) is 2.59. The molecule has 1 amide bonds. The van der Waals surface area contributed by atoms with Crippen molar-refractivity contribution in [3.8, 4) is 0 Å². The Hall–Kier alpha value is -2.02. The van der Waals surface area contributed by atoms with Crippen LogP contribution >= 0.6 is 11.8 Å². The number of thioether (sulfide) groups is 1. The highest BCUT2D eigenvalue weighted by atomic mass is 32.2. The smallest absolute Gasteiger partial charge is 0.351 e. The van der Waals surface area contributed by atoms with E-state index >= 15 is 0 Å². The second kappa shape index (κ2) is 7.50. The van der Waals surface area contributed by atoms with Crippen LogP contribution < -0.4 is 5.32 Å². The van der Waals surface area contributed by atoms with Crippen LogP contribution in [0.1, 0.15) is 18.1 Å². The molecule has 1 aromatic heterocycles. The summed E-state index contributed by atoms with van der Waals surface area (Å²) in [5.41, 5.74) is 0.175. The third-order valence-electron chi connectivity index (χ3n) is 3.04. The van der Waals surface area contributed by atoms with Crippen LogP contribution in [0.15, 0.2) is 53.7 Å². The largest absolute Gasteiger partial charge is 0.417 e. The minimum absolute atomic E-state index is 0.194. The lowest BCUT2D eigenvalue weighted by atomic mass is 10.2. The van der Waals surface area contributed by atoms with Gasteiger partial charge in [0.25, 0.3) is 0 Å². The number of hydrogen-bond acceptors (Lipinski definition) is 3. The van der Waals surface area contributed by atoms with Crippen LogP contribution in [0, 0.1) is 0 Å². The molecule has 3 nitrogen and oxygen atoms in total. The van der Waals surface area contributed by atoms with Crippen molar-refractivity contribution in [2.24, 2.45) is 0 Å². The number of halogens is 3. The van der Waals surface area contributed by atoms with Gasteiger partial charge in [0.05, 0.1) is 15.8 Å². The van der Waals surface area contributed by atoms with E-state index in [1.807, 2.05) is 30.3 Å². The molecule has 0 saturated heterocycles. The van der Waals surface area contributed by atoms with Crippen LogP contribution in [0.2, 0.25) is 0 Å². The predicted octanol–water partition coefficient (Wildman–Crippen LogP) is 3.90. The molecule has 0 saturated carbocycles. The summed E-state index contributed by atoms with van der Waals surface area (Å²) in [5, 5.41) is 2.71. The number of amides is 1. The maximum atomic E-state index is 12.5. The first kappa shape index (κ1) is 17.3. The summed E-state index contributed by atoms with van der Waals surface area (Å²) in [6.07, 6.45) is -3.63. The van der Waals surface area contributed by atoms with Gasteiger partial charge in [-0.2, -0.15) is 13.2 Å². The van der Waals surface area contributed by atoms with Gasteiger partial charge in [0, 0.05) is 12.7 Å². The SMILES string of the molecule is CC(Sc1ccc(C(F)(F)F)cn1)C(=O)NCc1ccccc1. The molecule has 1 aromatic carbocycles. The summed E-state index contributed by atoms with van der Waals surface area (Å²) in [6.45, 7) is 2.09.